The Morgan fingerprint density at radius 2 is 2.18 bits per heavy atom. The lowest BCUT2D eigenvalue weighted by Crippen LogP contribution is -2.07. The summed E-state index contributed by atoms with van der Waals surface area (Å²) in [4.78, 5) is 4.18. The first-order valence-electron chi connectivity index (χ1n) is 5.83. The van der Waals surface area contributed by atoms with Crippen LogP contribution in [0.4, 0.5) is 5.69 Å². The Bertz CT molecular complexity index is 488. The maximum atomic E-state index is 4.18. The van der Waals surface area contributed by atoms with Gasteiger partial charge < -0.3 is 5.32 Å². The van der Waals surface area contributed by atoms with Crippen LogP contribution in [0.25, 0.3) is 0 Å². The fraction of sp³-hybridized carbons (Fsp3) is 0.385. The van der Waals surface area contributed by atoms with Gasteiger partial charge in [0.25, 0.3) is 0 Å². The van der Waals surface area contributed by atoms with Crippen LogP contribution in [0.1, 0.15) is 31.2 Å². The molecule has 17 heavy (non-hydrogen) atoms. The molecule has 1 aromatic heterocycles. The predicted octanol–water partition coefficient (Wildman–Crippen LogP) is 2.55. The van der Waals surface area contributed by atoms with Crippen molar-refractivity contribution < 1.29 is 0 Å². The number of anilines is 1. The third kappa shape index (κ3) is 2.84. The summed E-state index contributed by atoms with van der Waals surface area (Å²) in [6.07, 6.45) is 1.57. The SMILES string of the molecule is CC(C)c1cccc(NCc2ncnn2C)c1. The lowest BCUT2D eigenvalue weighted by Gasteiger charge is -2.09. The molecular weight excluding hydrogens is 212 g/mol. The van der Waals surface area contributed by atoms with Crippen molar-refractivity contribution in [2.75, 3.05) is 5.32 Å². The maximum Gasteiger partial charge on any atom is 0.145 e. The van der Waals surface area contributed by atoms with Gasteiger partial charge in [0.2, 0.25) is 0 Å². The Balaban J connectivity index is 2.04. The standard InChI is InChI=1S/C13H18N4/c1-10(2)11-5-4-6-12(7-11)14-8-13-15-9-16-17(13)3/h4-7,9-10,14H,8H2,1-3H3. The normalized spacial score (nSPS) is 10.8. The summed E-state index contributed by atoms with van der Waals surface area (Å²) in [5, 5.41) is 7.40. The largest absolute Gasteiger partial charge is 0.378 e. The van der Waals surface area contributed by atoms with Crippen LogP contribution < -0.4 is 5.32 Å². The summed E-state index contributed by atoms with van der Waals surface area (Å²) < 4.78 is 1.78. The van der Waals surface area contributed by atoms with Crippen molar-refractivity contribution in [3.8, 4) is 0 Å². The van der Waals surface area contributed by atoms with E-state index >= 15 is 0 Å². The molecule has 0 saturated heterocycles. The molecule has 0 bridgehead atoms. The third-order valence-corrected chi connectivity index (χ3v) is 2.81. The topological polar surface area (TPSA) is 42.7 Å². The Morgan fingerprint density at radius 1 is 1.35 bits per heavy atom. The lowest BCUT2D eigenvalue weighted by molar-refractivity contribution is 0.712. The van der Waals surface area contributed by atoms with Crippen molar-refractivity contribution >= 4 is 5.69 Å². The highest BCUT2D eigenvalue weighted by molar-refractivity contribution is 5.46. The highest BCUT2D eigenvalue weighted by Crippen LogP contribution is 2.18. The molecule has 4 nitrogen and oxygen atoms in total. The number of aryl methyl sites for hydroxylation is 1. The molecule has 0 radical (unpaired) electrons. The molecule has 0 amide bonds. The molecule has 4 heteroatoms. The van der Waals surface area contributed by atoms with E-state index in [4.69, 9.17) is 0 Å². The van der Waals surface area contributed by atoms with Crippen molar-refractivity contribution in [3.05, 3.63) is 42.0 Å². The minimum atomic E-state index is 0.548. The molecular formula is C13H18N4. The molecule has 0 unspecified atom stereocenters. The summed E-state index contributed by atoms with van der Waals surface area (Å²) in [6.45, 7) is 5.08. The van der Waals surface area contributed by atoms with E-state index in [0.29, 0.717) is 12.5 Å². The average molecular weight is 230 g/mol. The number of nitrogens with zero attached hydrogens (tertiary/aromatic N) is 3. The first kappa shape index (κ1) is 11.6. The van der Waals surface area contributed by atoms with Gasteiger partial charge in [0.1, 0.15) is 12.2 Å². The van der Waals surface area contributed by atoms with E-state index in [0.717, 1.165) is 11.5 Å². The maximum absolute atomic E-state index is 4.18. The Hall–Kier alpha value is -1.84. The lowest BCUT2D eigenvalue weighted by atomic mass is 10.0. The molecule has 1 aromatic carbocycles. The number of hydrogen-bond acceptors (Lipinski definition) is 3. The molecule has 0 atom stereocenters. The molecule has 0 aliphatic rings. The molecule has 2 rings (SSSR count). The highest BCUT2D eigenvalue weighted by atomic mass is 15.3. The van der Waals surface area contributed by atoms with Crippen molar-refractivity contribution in [2.45, 2.75) is 26.3 Å². The summed E-state index contributed by atoms with van der Waals surface area (Å²) in [6, 6.07) is 8.48. The van der Waals surface area contributed by atoms with Gasteiger partial charge in [0.15, 0.2) is 0 Å². The van der Waals surface area contributed by atoms with E-state index in [-0.39, 0.29) is 0 Å². The van der Waals surface area contributed by atoms with Crippen LogP contribution in [0.2, 0.25) is 0 Å². The molecule has 2 aromatic rings. The molecule has 1 N–H and O–H groups in total. The fourth-order valence-corrected chi connectivity index (χ4v) is 1.67. The summed E-state index contributed by atoms with van der Waals surface area (Å²) in [5.41, 5.74) is 2.46. The zero-order valence-electron chi connectivity index (χ0n) is 10.5. The van der Waals surface area contributed by atoms with Crippen LogP contribution in [-0.2, 0) is 13.6 Å². The van der Waals surface area contributed by atoms with Crippen LogP contribution in [0, 0.1) is 0 Å². The summed E-state index contributed by atoms with van der Waals surface area (Å²) in [7, 11) is 1.90. The zero-order chi connectivity index (χ0) is 12.3. The van der Waals surface area contributed by atoms with Crippen LogP contribution >= 0.6 is 0 Å². The van der Waals surface area contributed by atoms with Crippen LogP contribution in [0.5, 0.6) is 0 Å². The minimum absolute atomic E-state index is 0.548. The predicted molar refractivity (Wildman–Crippen MR) is 68.9 cm³/mol. The van der Waals surface area contributed by atoms with Gasteiger partial charge >= 0.3 is 0 Å². The highest BCUT2D eigenvalue weighted by Gasteiger charge is 2.02. The van der Waals surface area contributed by atoms with Gasteiger partial charge in [-0.25, -0.2) is 4.98 Å². The molecule has 90 valence electrons. The van der Waals surface area contributed by atoms with Gasteiger partial charge in [-0.2, -0.15) is 5.10 Å². The first-order chi connectivity index (χ1) is 8.16. The van der Waals surface area contributed by atoms with Gasteiger partial charge in [-0.15, -0.1) is 0 Å². The van der Waals surface area contributed by atoms with E-state index in [1.165, 1.54) is 5.56 Å². The summed E-state index contributed by atoms with van der Waals surface area (Å²) in [5.74, 6) is 1.48. The minimum Gasteiger partial charge on any atom is -0.378 e. The second-order valence-electron chi connectivity index (χ2n) is 4.43. The van der Waals surface area contributed by atoms with Crippen molar-refractivity contribution in [1.29, 1.82) is 0 Å². The van der Waals surface area contributed by atoms with Gasteiger partial charge in [-0.1, -0.05) is 26.0 Å². The monoisotopic (exact) mass is 230 g/mol. The summed E-state index contributed by atoms with van der Waals surface area (Å²) >= 11 is 0. The van der Waals surface area contributed by atoms with Gasteiger partial charge in [-0.3, -0.25) is 4.68 Å². The third-order valence-electron chi connectivity index (χ3n) is 2.81. The Labute approximate surface area is 102 Å². The van der Waals surface area contributed by atoms with Crippen molar-refractivity contribution in [3.63, 3.8) is 0 Å². The van der Waals surface area contributed by atoms with E-state index in [1.807, 2.05) is 7.05 Å². The molecule has 1 heterocycles. The smallest absolute Gasteiger partial charge is 0.145 e. The molecule has 0 fully saturated rings. The number of nitrogens with one attached hydrogen (secondary N) is 1. The van der Waals surface area contributed by atoms with Gasteiger partial charge in [0, 0.05) is 12.7 Å². The van der Waals surface area contributed by atoms with Gasteiger partial charge in [-0.05, 0) is 23.6 Å². The van der Waals surface area contributed by atoms with Crippen molar-refractivity contribution in [1.82, 2.24) is 14.8 Å². The first-order valence-corrected chi connectivity index (χ1v) is 5.83. The molecule has 0 spiro atoms. The van der Waals surface area contributed by atoms with E-state index < -0.39 is 0 Å². The van der Waals surface area contributed by atoms with E-state index in [9.17, 15) is 0 Å². The second-order valence-corrected chi connectivity index (χ2v) is 4.43. The Kier molecular flexibility index (Phi) is 3.42. The number of hydrogen-bond donors (Lipinski definition) is 1. The van der Waals surface area contributed by atoms with Crippen LogP contribution in [0.3, 0.4) is 0 Å². The number of benzene rings is 1. The van der Waals surface area contributed by atoms with E-state index in [1.54, 1.807) is 11.0 Å². The second kappa shape index (κ2) is 4.99. The zero-order valence-corrected chi connectivity index (χ0v) is 10.5. The van der Waals surface area contributed by atoms with Crippen LogP contribution in [0.15, 0.2) is 30.6 Å². The number of rotatable bonds is 4. The quantitative estimate of drug-likeness (QED) is 0.877. The van der Waals surface area contributed by atoms with Gasteiger partial charge in [0.05, 0.1) is 6.54 Å². The average Bonchev–Trinajstić information content (AvgIpc) is 2.72. The van der Waals surface area contributed by atoms with Crippen molar-refractivity contribution in [2.24, 2.45) is 7.05 Å². The molecule has 0 aliphatic heterocycles. The van der Waals surface area contributed by atoms with Crippen LogP contribution in [-0.4, -0.2) is 14.8 Å². The molecule has 0 aliphatic carbocycles. The number of aromatic nitrogens is 3. The fourth-order valence-electron chi connectivity index (χ4n) is 1.67. The Morgan fingerprint density at radius 3 is 2.82 bits per heavy atom. The molecule has 0 saturated carbocycles. The van der Waals surface area contributed by atoms with E-state index in [2.05, 4.69) is 53.5 Å².